The molecule has 0 aliphatic rings. The van der Waals surface area contributed by atoms with Crippen LogP contribution in [0.15, 0.2) is 35.4 Å². The zero-order valence-corrected chi connectivity index (χ0v) is 12.7. The Morgan fingerprint density at radius 3 is 2.67 bits per heavy atom. The van der Waals surface area contributed by atoms with Crippen LogP contribution >= 0.6 is 0 Å². The molecule has 92 valence electrons. The van der Waals surface area contributed by atoms with Crippen LogP contribution in [0.1, 0.15) is 13.3 Å². The Kier molecular flexibility index (Phi) is 9.36. The fourth-order valence-corrected chi connectivity index (χ4v) is 1.08. The molecule has 1 aromatic rings. The normalized spacial score (nSPS) is 10.4. The van der Waals surface area contributed by atoms with Gasteiger partial charge in [0.05, 0.1) is 18.3 Å². The minimum absolute atomic E-state index is 0. The van der Waals surface area contributed by atoms with Gasteiger partial charge >= 0.3 is 29.6 Å². The topological polar surface area (TPSA) is 73.8 Å². The van der Waals surface area contributed by atoms with Crippen molar-refractivity contribution in [2.75, 3.05) is 13.2 Å². The predicted octanol–water partition coefficient (Wildman–Crippen LogP) is -2.83. The second-order valence-electron chi connectivity index (χ2n) is 3.41. The number of nitrogens with zero attached hydrogens (tertiary/aromatic N) is 1. The summed E-state index contributed by atoms with van der Waals surface area (Å²) in [7, 11) is 0. The standard InChI is InChI=1S/C12H16N2O3.Na/c1-10(12(15)16)14-13-8-5-9-17-11-6-3-2-4-7-11;/h2-4,6-7,13H,5,8-9H2,1H3,(H,15,16);/q;+1/p-1. The Labute approximate surface area is 129 Å². The number of para-hydroxylation sites is 1. The van der Waals surface area contributed by atoms with Gasteiger partial charge in [-0.3, -0.25) is 0 Å². The van der Waals surface area contributed by atoms with E-state index in [4.69, 9.17) is 4.74 Å². The molecule has 18 heavy (non-hydrogen) atoms. The molecule has 1 rings (SSSR count). The molecule has 0 spiro atoms. The molecular weight excluding hydrogens is 243 g/mol. The molecule has 0 bridgehead atoms. The van der Waals surface area contributed by atoms with Crippen LogP contribution < -0.4 is 44.8 Å². The van der Waals surface area contributed by atoms with E-state index in [1.165, 1.54) is 6.92 Å². The summed E-state index contributed by atoms with van der Waals surface area (Å²) in [5.41, 5.74) is 2.58. The van der Waals surface area contributed by atoms with Crippen molar-refractivity contribution in [3.05, 3.63) is 30.3 Å². The zero-order chi connectivity index (χ0) is 12.5. The molecular formula is C12H15N2NaO3. The van der Waals surface area contributed by atoms with Crippen LogP contribution in [0.3, 0.4) is 0 Å². The fourth-order valence-electron chi connectivity index (χ4n) is 1.08. The number of hydrogen-bond donors (Lipinski definition) is 1. The number of nitrogens with one attached hydrogen (secondary N) is 1. The summed E-state index contributed by atoms with van der Waals surface area (Å²) in [5.74, 6) is -0.444. The first-order valence-corrected chi connectivity index (χ1v) is 5.36. The van der Waals surface area contributed by atoms with Gasteiger partial charge in [-0.1, -0.05) is 18.2 Å². The molecule has 0 unspecified atom stereocenters. The maximum Gasteiger partial charge on any atom is 1.00 e. The summed E-state index contributed by atoms with van der Waals surface area (Å²) in [6.45, 7) is 2.48. The van der Waals surface area contributed by atoms with Gasteiger partial charge in [0, 0.05) is 13.0 Å². The van der Waals surface area contributed by atoms with Crippen LogP contribution in [-0.2, 0) is 4.79 Å². The van der Waals surface area contributed by atoms with Gasteiger partial charge < -0.3 is 20.1 Å². The van der Waals surface area contributed by atoms with E-state index >= 15 is 0 Å². The fraction of sp³-hybridized carbons (Fsp3) is 0.333. The number of carbonyl (C=O) groups excluding carboxylic acids is 1. The molecule has 0 saturated heterocycles. The number of aliphatic carboxylic acids is 1. The zero-order valence-electron chi connectivity index (χ0n) is 10.7. The maximum absolute atomic E-state index is 10.3. The Morgan fingerprint density at radius 1 is 1.39 bits per heavy atom. The Bertz CT molecular complexity index is 382. The molecule has 6 heteroatoms. The third-order valence-electron chi connectivity index (χ3n) is 1.99. The number of rotatable bonds is 7. The largest absolute Gasteiger partial charge is 1.00 e. The van der Waals surface area contributed by atoms with Gasteiger partial charge in [0.15, 0.2) is 0 Å². The van der Waals surface area contributed by atoms with Gasteiger partial charge in [-0.25, -0.2) is 0 Å². The smallest absolute Gasteiger partial charge is 0.543 e. The minimum Gasteiger partial charge on any atom is -0.543 e. The van der Waals surface area contributed by atoms with Crippen molar-refractivity contribution in [1.82, 2.24) is 5.43 Å². The molecule has 5 nitrogen and oxygen atoms in total. The first kappa shape index (κ1) is 17.0. The van der Waals surface area contributed by atoms with Crippen molar-refractivity contribution >= 4 is 11.7 Å². The minimum atomic E-state index is -1.27. The Morgan fingerprint density at radius 2 is 2.06 bits per heavy atom. The van der Waals surface area contributed by atoms with E-state index in [0.717, 1.165) is 12.2 Å². The number of benzene rings is 1. The average molecular weight is 258 g/mol. The molecule has 0 atom stereocenters. The van der Waals surface area contributed by atoms with Gasteiger partial charge in [0.25, 0.3) is 0 Å². The number of carboxylic acid groups (broad SMARTS) is 1. The van der Waals surface area contributed by atoms with E-state index in [2.05, 4.69) is 10.5 Å². The summed E-state index contributed by atoms with van der Waals surface area (Å²) in [4.78, 5) is 10.3. The summed E-state index contributed by atoms with van der Waals surface area (Å²) >= 11 is 0. The van der Waals surface area contributed by atoms with Gasteiger partial charge in [-0.15, -0.1) is 0 Å². The van der Waals surface area contributed by atoms with E-state index in [0.29, 0.717) is 13.2 Å². The van der Waals surface area contributed by atoms with Crippen LogP contribution in [0.25, 0.3) is 0 Å². The Balaban J connectivity index is 0.00000289. The molecule has 0 amide bonds. The van der Waals surface area contributed by atoms with Crippen LogP contribution in [0.2, 0.25) is 0 Å². The van der Waals surface area contributed by atoms with E-state index < -0.39 is 5.97 Å². The average Bonchev–Trinajstić information content (AvgIpc) is 2.34. The van der Waals surface area contributed by atoms with E-state index in [1.54, 1.807) is 0 Å². The number of carbonyl (C=O) groups is 1. The predicted molar refractivity (Wildman–Crippen MR) is 62.7 cm³/mol. The van der Waals surface area contributed by atoms with Gasteiger partial charge in [-0.05, 0) is 19.1 Å². The number of ether oxygens (including phenoxy) is 1. The molecule has 1 N–H and O–H groups in total. The van der Waals surface area contributed by atoms with Gasteiger partial charge in [0.2, 0.25) is 0 Å². The number of hydrazone groups is 1. The summed E-state index contributed by atoms with van der Waals surface area (Å²) in [5, 5.41) is 13.9. The summed E-state index contributed by atoms with van der Waals surface area (Å²) in [6.07, 6.45) is 0.735. The molecule has 0 aromatic heterocycles. The van der Waals surface area contributed by atoms with Crippen molar-refractivity contribution in [1.29, 1.82) is 0 Å². The van der Waals surface area contributed by atoms with Crippen molar-refractivity contribution in [3.63, 3.8) is 0 Å². The first-order chi connectivity index (χ1) is 8.20. The van der Waals surface area contributed by atoms with Crippen LogP contribution in [0, 0.1) is 0 Å². The third kappa shape index (κ3) is 7.32. The summed E-state index contributed by atoms with van der Waals surface area (Å²) < 4.78 is 5.44. The molecule has 1 aromatic carbocycles. The summed E-state index contributed by atoms with van der Waals surface area (Å²) in [6, 6.07) is 9.49. The van der Waals surface area contributed by atoms with Crippen molar-refractivity contribution < 1.29 is 44.2 Å². The van der Waals surface area contributed by atoms with Gasteiger partial charge in [-0.2, -0.15) is 5.10 Å². The molecule has 0 aliphatic heterocycles. The van der Waals surface area contributed by atoms with Crippen molar-refractivity contribution in [3.8, 4) is 5.75 Å². The maximum atomic E-state index is 10.3. The van der Waals surface area contributed by atoms with E-state index in [-0.39, 0.29) is 35.3 Å². The van der Waals surface area contributed by atoms with Crippen LogP contribution in [0.5, 0.6) is 5.75 Å². The SMILES string of the molecule is CC(=NNCCCOc1ccccc1)C(=O)[O-].[Na+]. The number of carboxylic acids is 1. The van der Waals surface area contributed by atoms with Gasteiger partial charge in [0.1, 0.15) is 5.75 Å². The molecule has 0 aliphatic carbocycles. The van der Waals surface area contributed by atoms with Crippen LogP contribution in [-0.4, -0.2) is 24.8 Å². The first-order valence-electron chi connectivity index (χ1n) is 5.36. The van der Waals surface area contributed by atoms with Crippen molar-refractivity contribution in [2.45, 2.75) is 13.3 Å². The molecule has 0 radical (unpaired) electrons. The quantitative estimate of drug-likeness (QED) is 0.248. The molecule has 0 heterocycles. The molecule has 0 saturated carbocycles. The monoisotopic (exact) mass is 258 g/mol. The molecule has 0 fully saturated rings. The second kappa shape index (κ2) is 9.94. The van der Waals surface area contributed by atoms with E-state index in [1.807, 2.05) is 30.3 Å². The van der Waals surface area contributed by atoms with E-state index in [9.17, 15) is 9.90 Å². The second-order valence-corrected chi connectivity index (χ2v) is 3.41. The number of hydrogen-bond acceptors (Lipinski definition) is 5. The Hall–Kier alpha value is -1.04. The third-order valence-corrected chi connectivity index (χ3v) is 1.99. The van der Waals surface area contributed by atoms with Crippen molar-refractivity contribution in [2.24, 2.45) is 5.10 Å². The van der Waals surface area contributed by atoms with Crippen LogP contribution in [0.4, 0.5) is 0 Å².